The number of nitrogens with one attached hydrogen (secondary N) is 1. The Balaban J connectivity index is 1.21. The minimum absolute atomic E-state index is 0.00535. The Morgan fingerprint density at radius 3 is 2.52 bits per heavy atom. The number of phenols is 1. The Hall–Kier alpha value is -3.99. The van der Waals surface area contributed by atoms with Gasteiger partial charge in [-0.25, -0.2) is 0 Å². The summed E-state index contributed by atoms with van der Waals surface area (Å²) in [5.41, 5.74) is 3.06. The van der Waals surface area contributed by atoms with Crippen LogP contribution in [0.15, 0.2) is 54.6 Å². The van der Waals surface area contributed by atoms with Crippen LogP contribution in [0, 0.1) is 0 Å². The maximum atomic E-state index is 13.1. The van der Waals surface area contributed by atoms with E-state index in [0.717, 1.165) is 61.8 Å². The highest BCUT2D eigenvalue weighted by atomic mass is 16.5. The number of phenolic OH excluding ortho intramolecular Hbond substituents is 1. The average molecular weight is 604 g/mol. The topological polar surface area (TPSA) is 102 Å². The van der Waals surface area contributed by atoms with Gasteiger partial charge in [0.2, 0.25) is 5.91 Å². The van der Waals surface area contributed by atoms with Crippen molar-refractivity contribution >= 4 is 5.91 Å². The van der Waals surface area contributed by atoms with Gasteiger partial charge in [-0.05, 0) is 59.5 Å². The summed E-state index contributed by atoms with van der Waals surface area (Å²) in [4.78, 5) is 17.8. The number of benzene rings is 3. The summed E-state index contributed by atoms with van der Waals surface area (Å²) in [6, 6.07) is 17.1. The van der Waals surface area contributed by atoms with E-state index in [-0.39, 0.29) is 23.6 Å². The molecule has 44 heavy (non-hydrogen) atoms. The van der Waals surface area contributed by atoms with E-state index in [0.29, 0.717) is 55.5 Å². The third kappa shape index (κ3) is 7.04. The van der Waals surface area contributed by atoms with Crippen LogP contribution in [0.5, 0.6) is 34.5 Å². The standard InChI is InChI=1S/C34H41N3O7/c1-40-29-8-4-24(18-32(29)43-16-13-36-11-14-42-15-12-36)20-37-21-26-25-6-9-30(41-2)33(19-25)44-31-17-23(3-7-28(31)38)5-10-34(39)35-27(26)22-37/h3-4,6-9,17-19,26-27,38H,5,10-16,20-22H2,1-2H3,(H,35,39)/t26-,27+/m0/s1. The molecule has 3 heterocycles. The van der Waals surface area contributed by atoms with Crippen LogP contribution in [0.2, 0.25) is 0 Å². The lowest BCUT2D eigenvalue weighted by Crippen LogP contribution is -2.39. The highest BCUT2D eigenvalue weighted by molar-refractivity contribution is 5.77. The number of fused-ring (bicyclic) bond motifs is 6. The van der Waals surface area contributed by atoms with Gasteiger partial charge >= 0.3 is 0 Å². The summed E-state index contributed by atoms with van der Waals surface area (Å²) in [7, 11) is 3.26. The number of ether oxygens (including phenoxy) is 5. The largest absolute Gasteiger partial charge is 0.504 e. The van der Waals surface area contributed by atoms with Gasteiger partial charge < -0.3 is 34.1 Å². The van der Waals surface area contributed by atoms with Gasteiger partial charge in [-0.15, -0.1) is 0 Å². The molecule has 3 aliphatic rings. The first-order valence-corrected chi connectivity index (χ1v) is 15.3. The van der Waals surface area contributed by atoms with Crippen molar-refractivity contribution in [3.05, 3.63) is 71.3 Å². The Morgan fingerprint density at radius 2 is 1.70 bits per heavy atom. The van der Waals surface area contributed by atoms with Gasteiger partial charge in [-0.1, -0.05) is 18.2 Å². The molecule has 4 bridgehead atoms. The molecule has 3 aromatic carbocycles. The van der Waals surface area contributed by atoms with Gasteiger partial charge in [-0.2, -0.15) is 0 Å². The minimum Gasteiger partial charge on any atom is -0.504 e. The Morgan fingerprint density at radius 1 is 0.886 bits per heavy atom. The van der Waals surface area contributed by atoms with E-state index in [1.54, 1.807) is 26.4 Å². The smallest absolute Gasteiger partial charge is 0.220 e. The molecule has 10 heteroatoms. The summed E-state index contributed by atoms with van der Waals surface area (Å²) in [6.07, 6.45) is 0.885. The number of nitrogens with zero attached hydrogens (tertiary/aromatic N) is 2. The van der Waals surface area contributed by atoms with Crippen molar-refractivity contribution in [1.82, 2.24) is 15.1 Å². The van der Waals surface area contributed by atoms with Crippen LogP contribution in [-0.2, 0) is 22.5 Å². The first kappa shape index (κ1) is 30.1. The van der Waals surface area contributed by atoms with Crippen LogP contribution in [-0.4, -0.2) is 93.6 Å². The van der Waals surface area contributed by atoms with E-state index in [2.05, 4.69) is 27.2 Å². The van der Waals surface area contributed by atoms with Crippen molar-refractivity contribution in [2.75, 3.05) is 66.8 Å². The fourth-order valence-electron chi connectivity index (χ4n) is 6.25. The number of rotatable bonds is 8. The lowest BCUT2D eigenvalue weighted by Gasteiger charge is -2.26. The van der Waals surface area contributed by atoms with Gasteiger partial charge in [0, 0.05) is 57.6 Å². The number of methoxy groups -OCH3 is 2. The first-order chi connectivity index (χ1) is 21.5. The summed E-state index contributed by atoms with van der Waals surface area (Å²) in [5, 5.41) is 13.8. The van der Waals surface area contributed by atoms with E-state index in [1.807, 2.05) is 30.3 Å². The van der Waals surface area contributed by atoms with Gasteiger partial charge in [0.15, 0.2) is 34.5 Å². The summed E-state index contributed by atoms with van der Waals surface area (Å²) in [6.45, 7) is 6.92. The molecule has 0 saturated carbocycles. The molecule has 2 fully saturated rings. The molecule has 2 N–H and O–H groups in total. The molecular formula is C34H41N3O7. The maximum Gasteiger partial charge on any atom is 0.220 e. The zero-order valence-electron chi connectivity index (χ0n) is 25.4. The number of hydrogen-bond donors (Lipinski definition) is 2. The molecule has 0 spiro atoms. The molecule has 2 atom stereocenters. The Kier molecular flexibility index (Phi) is 9.40. The molecule has 2 saturated heterocycles. The van der Waals surface area contributed by atoms with Crippen molar-refractivity contribution < 1.29 is 33.6 Å². The SMILES string of the molecule is COc1ccc(CN2C[C@H]3NC(=O)CCc4ccc(O)c(c4)Oc4cc(ccc4OC)[C@@H]3C2)cc1OCCN1CCOCC1. The van der Waals surface area contributed by atoms with Crippen LogP contribution < -0.4 is 24.3 Å². The normalized spacial score (nSPS) is 20.7. The number of carbonyl (C=O) groups excluding carboxylic acids is 1. The van der Waals surface area contributed by atoms with E-state index < -0.39 is 0 Å². The third-order valence-electron chi connectivity index (χ3n) is 8.65. The molecule has 0 unspecified atom stereocenters. The van der Waals surface area contributed by atoms with Crippen LogP contribution >= 0.6 is 0 Å². The number of likely N-dealkylation sites (tertiary alicyclic amines) is 1. The average Bonchev–Trinajstić information content (AvgIpc) is 3.43. The van der Waals surface area contributed by atoms with Crippen molar-refractivity contribution in [3.63, 3.8) is 0 Å². The number of aromatic hydroxyl groups is 1. The lowest BCUT2D eigenvalue weighted by molar-refractivity contribution is -0.121. The first-order valence-electron chi connectivity index (χ1n) is 15.3. The monoisotopic (exact) mass is 603 g/mol. The molecule has 3 aromatic rings. The number of hydrogen-bond acceptors (Lipinski definition) is 9. The molecular weight excluding hydrogens is 562 g/mol. The van der Waals surface area contributed by atoms with Gasteiger partial charge in [0.1, 0.15) is 6.61 Å². The van der Waals surface area contributed by atoms with Crippen LogP contribution in [0.25, 0.3) is 0 Å². The van der Waals surface area contributed by atoms with E-state index in [9.17, 15) is 9.90 Å². The number of aryl methyl sites for hydroxylation is 1. The van der Waals surface area contributed by atoms with Gasteiger partial charge in [0.25, 0.3) is 0 Å². The molecule has 0 radical (unpaired) electrons. The maximum absolute atomic E-state index is 13.1. The third-order valence-corrected chi connectivity index (χ3v) is 8.65. The molecule has 0 aliphatic carbocycles. The van der Waals surface area contributed by atoms with E-state index in [4.69, 9.17) is 23.7 Å². The van der Waals surface area contributed by atoms with Crippen molar-refractivity contribution in [2.45, 2.75) is 31.3 Å². The molecule has 0 aromatic heterocycles. The second-order valence-corrected chi connectivity index (χ2v) is 11.6. The molecule has 3 aliphatic heterocycles. The molecule has 10 nitrogen and oxygen atoms in total. The minimum atomic E-state index is -0.0801. The summed E-state index contributed by atoms with van der Waals surface area (Å²) >= 11 is 0. The second-order valence-electron chi connectivity index (χ2n) is 11.6. The quantitative estimate of drug-likeness (QED) is 0.397. The zero-order valence-corrected chi connectivity index (χ0v) is 25.4. The number of amides is 1. The highest BCUT2D eigenvalue weighted by Gasteiger charge is 2.35. The summed E-state index contributed by atoms with van der Waals surface area (Å²) in [5.74, 6) is 2.95. The van der Waals surface area contributed by atoms with Crippen molar-refractivity contribution in [1.29, 1.82) is 0 Å². The predicted molar refractivity (Wildman–Crippen MR) is 165 cm³/mol. The van der Waals surface area contributed by atoms with Crippen molar-refractivity contribution in [2.24, 2.45) is 0 Å². The molecule has 234 valence electrons. The van der Waals surface area contributed by atoms with E-state index in [1.165, 1.54) is 0 Å². The second kappa shape index (κ2) is 13.8. The molecule has 1 amide bonds. The fourth-order valence-corrected chi connectivity index (χ4v) is 6.25. The number of carbonyl (C=O) groups is 1. The van der Waals surface area contributed by atoms with Crippen LogP contribution in [0.3, 0.4) is 0 Å². The lowest BCUT2D eigenvalue weighted by atomic mass is 9.93. The predicted octanol–water partition coefficient (Wildman–Crippen LogP) is 3.94. The van der Waals surface area contributed by atoms with Crippen LogP contribution in [0.4, 0.5) is 0 Å². The number of morpholine rings is 1. The van der Waals surface area contributed by atoms with Gasteiger partial charge in [0.05, 0.1) is 27.4 Å². The fraction of sp³-hybridized carbons (Fsp3) is 0.441. The zero-order chi connectivity index (χ0) is 30.5. The van der Waals surface area contributed by atoms with Crippen LogP contribution in [0.1, 0.15) is 29.0 Å². The summed E-state index contributed by atoms with van der Waals surface area (Å²) < 4.78 is 29.0. The Labute approximate surface area is 258 Å². The van der Waals surface area contributed by atoms with Crippen molar-refractivity contribution in [3.8, 4) is 34.5 Å². The van der Waals surface area contributed by atoms with Gasteiger partial charge in [-0.3, -0.25) is 14.6 Å². The molecule has 6 rings (SSSR count). The highest BCUT2D eigenvalue weighted by Crippen LogP contribution is 2.40. The van der Waals surface area contributed by atoms with E-state index >= 15 is 0 Å². The Bertz CT molecular complexity index is 1460.